The molecule has 1 aliphatic carbocycles. The molecule has 2 aliphatic rings. The highest BCUT2D eigenvalue weighted by atomic mass is 16.5. The van der Waals surface area contributed by atoms with Crippen molar-refractivity contribution >= 4 is 23.2 Å². The van der Waals surface area contributed by atoms with E-state index in [1.807, 2.05) is 18.2 Å². The Morgan fingerprint density at radius 2 is 1.68 bits per heavy atom. The van der Waals surface area contributed by atoms with Gasteiger partial charge in [-0.1, -0.05) is 0 Å². The molecule has 0 atom stereocenters. The molecule has 3 aromatic rings. The monoisotopic (exact) mass is 498 g/mol. The van der Waals surface area contributed by atoms with Crippen molar-refractivity contribution in [3.05, 3.63) is 83.7 Å². The Balaban J connectivity index is 1.29. The lowest BCUT2D eigenvalue weighted by molar-refractivity contribution is 0.0751. The van der Waals surface area contributed by atoms with E-state index in [0.29, 0.717) is 29.1 Å². The molecule has 1 aliphatic heterocycles. The van der Waals surface area contributed by atoms with Crippen LogP contribution in [0.5, 0.6) is 11.5 Å². The smallest absolute Gasteiger partial charge is 0.273 e. The number of benzene rings is 2. The van der Waals surface area contributed by atoms with Crippen LogP contribution in [-0.4, -0.2) is 47.3 Å². The number of amides is 2. The van der Waals surface area contributed by atoms with Crippen LogP contribution in [0.15, 0.2) is 72.1 Å². The number of rotatable bonds is 7. The van der Waals surface area contributed by atoms with Gasteiger partial charge in [-0.3, -0.25) is 14.6 Å². The molecule has 1 aromatic heterocycles. The summed E-state index contributed by atoms with van der Waals surface area (Å²) < 4.78 is 11.8. The van der Waals surface area contributed by atoms with Crippen molar-refractivity contribution in [2.75, 3.05) is 19.0 Å². The molecule has 0 unspecified atom stereocenters. The molecule has 8 nitrogen and oxygen atoms in total. The Labute approximate surface area is 216 Å². The Morgan fingerprint density at radius 3 is 2.41 bits per heavy atom. The van der Waals surface area contributed by atoms with Crippen molar-refractivity contribution in [2.24, 2.45) is 5.10 Å². The molecule has 1 saturated carbocycles. The minimum atomic E-state index is -0.234. The average Bonchev–Trinajstić information content (AvgIpc) is 3.47. The quantitative estimate of drug-likeness (QED) is 0.477. The van der Waals surface area contributed by atoms with Crippen LogP contribution in [-0.2, 0) is 0 Å². The molecular weight excluding hydrogens is 468 g/mol. The molecule has 37 heavy (non-hydrogen) atoms. The van der Waals surface area contributed by atoms with E-state index in [4.69, 9.17) is 14.6 Å². The zero-order valence-corrected chi connectivity index (χ0v) is 20.9. The number of carbonyl (C=O) groups excluding carboxylic acids is 2. The van der Waals surface area contributed by atoms with Gasteiger partial charge in [-0.2, -0.15) is 5.10 Å². The third kappa shape index (κ3) is 5.80. The van der Waals surface area contributed by atoms with Crippen LogP contribution in [0.25, 0.3) is 0 Å². The first-order valence-corrected chi connectivity index (χ1v) is 12.7. The fraction of sp³-hybridized carbons (Fsp3) is 0.310. The summed E-state index contributed by atoms with van der Waals surface area (Å²) in [5.74, 6) is 1.02. The molecule has 2 heterocycles. The van der Waals surface area contributed by atoms with Crippen LogP contribution < -0.4 is 14.8 Å². The normalized spacial score (nSPS) is 15.7. The van der Waals surface area contributed by atoms with Crippen molar-refractivity contribution in [3.63, 3.8) is 0 Å². The molecule has 0 saturated heterocycles. The highest BCUT2D eigenvalue weighted by molar-refractivity contribution is 6.05. The largest absolute Gasteiger partial charge is 0.493 e. The molecule has 1 fully saturated rings. The van der Waals surface area contributed by atoms with E-state index in [1.165, 1.54) is 17.9 Å². The van der Waals surface area contributed by atoms with Crippen molar-refractivity contribution in [1.82, 2.24) is 9.99 Å². The fourth-order valence-electron chi connectivity index (χ4n) is 4.68. The fourth-order valence-corrected chi connectivity index (χ4v) is 4.68. The van der Waals surface area contributed by atoms with E-state index in [2.05, 4.69) is 10.3 Å². The number of anilines is 1. The number of aromatic nitrogens is 1. The molecule has 8 heteroatoms. The molecule has 2 aromatic carbocycles. The summed E-state index contributed by atoms with van der Waals surface area (Å²) in [5.41, 5.74) is 3.40. The van der Waals surface area contributed by atoms with Crippen molar-refractivity contribution in [2.45, 2.75) is 44.6 Å². The Kier molecular flexibility index (Phi) is 7.44. The van der Waals surface area contributed by atoms with Gasteiger partial charge >= 0.3 is 0 Å². The van der Waals surface area contributed by atoms with E-state index in [9.17, 15) is 9.59 Å². The first-order chi connectivity index (χ1) is 18.1. The van der Waals surface area contributed by atoms with E-state index < -0.39 is 0 Å². The lowest BCUT2D eigenvalue weighted by Gasteiger charge is -2.24. The van der Waals surface area contributed by atoms with Crippen LogP contribution in [0.4, 0.5) is 5.69 Å². The summed E-state index contributed by atoms with van der Waals surface area (Å²) in [6.07, 6.45) is 9.44. The molecule has 0 spiro atoms. The number of ether oxygens (including phenoxy) is 2. The van der Waals surface area contributed by atoms with Gasteiger partial charge in [-0.05, 0) is 93.1 Å². The molecule has 0 radical (unpaired) electrons. The second-order valence-corrected chi connectivity index (χ2v) is 9.24. The first kappa shape index (κ1) is 24.5. The van der Waals surface area contributed by atoms with Gasteiger partial charge in [0.2, 0.25) is 0 Å². The lowest BCUT2D eigenvalue weighted by Crippen LogP contribution is -2.32. The number of hydrogen-bond donors (Lipinski definition) is 1. The number of methoxy groups -OCH3 is 1. The van der Waals surface area contributed by atoms with Gasteiger partial charge in [0.1, 0.15) is 0 Å². The minimum Gasteiger partial charge on any atom is -0.493 e. The van der Waals surface area contributed by atoms with E-state index in [1.54, 1.807) is 55.9 Å². The zero-order valence-electron chi connectivity index (χ0n) is 20.9. The molecule has 1 N–H and O–H groups in total. The lowest BCUT2D eigenvalue weighted by atomic mass is 10.0. The summed E-state index contributed by atoms with van der Waals surface area (Å²) in [5, 5.41) is 9.05. The summed E-state index contributed by atoms with van der Waals surface area (Å²) >= 11 is 0. The maximum Gasteiger partial charge on any atom is 0.273 e. The predicted molar refractivity (Wildman–Crippen MR) is 141 cm³/mol. The van der Waals surface area contributed by atoms with Gasteiger partial charge in [0.15, 0.2) is 11.5 Å². The molecule has 0 bridgehead atoms. The van der Waals surface area contributed by atoms with Crippen LogP contribution in [0.1, 0.15) is 64.8 Å². The van der Waals surface area contributed by atoms with Gasteiger partial charge in [-0.15, -0.1) is 0 Å². The number of pyridine rings is 1. The van der Waals surface area contributed by atoms with Crippen LogP contribution >= 0.6 is 0 Å². The number of hydrazone groups is 1. The summed E-state index contributed by atoms with van der Waals surface area (Å²) in [7, 11) is 1.64. The molecule has 2 amide bonds. The summed E-state index contributed by atoms with van der Waals surface area (Å²) in [4.78, 5) is 29.5. The molecular formula is C29H30N4O4. The van der Waals surface area contributed by atoms with Crippen LogP contribution in [0.2, 0.25) is 0 Å². The van der Waals surface area contributed by atoms with Gasteiger partial charge in [0.05, 0.1) is 18.9 Å². The third-order valence-corrected chi connectivity index (χ3v) is 6.68. The first-order valence-electron chi connectivity index (χ1n) is 12.7. The topological polar surface area (TPSA) is 93.1 Å². The SMILES string of the molecule is COc1ccc(C2=NN(C(=O)c3ccc(NC(=O)c4ccncc4)cc3)CCC2)cc1OC1CCCC1. The number of carbonyl (C=O) groups is 2. The highest BCUT2D eigenvalue weighted by Crippen LogP contribution is 2.33. The van der Waals surface area contributed by atoms with E-state index >= 15 is 0 Å². The third-order valence-electron chi connectivity index (χ3n) is 6.68. The van der Waals surface area contributed by atoms with Crippen LogP contribution in [0, 0.1) is 0 Å². The van der Waals surface area contributed by atoms with Gasteiger partial charge in [0.25, 0.3) is 11.8 Å². The standard InChI is InChI=1S/C29H30N4O4/c1-36-26-13-10-22(19-27(26)37-24-5-2-3-6-24)25-7-4-18-33(32-25)29(35)21-8-11-23(12-9-21)31-28(34)20-14-16-30-17-15-20/h8-17,19,24H,2-7,18H2,1H3,(H,31,34). The average molecular weight is 499 g/mol. The summed E-state index contributed by atoms with van der Waals surface area (Å²) in [6, 6.07) is 16.0. The zero-order chi connectivity index (χ0) is 25.6. The molecule has 190 valence electrons. The van der Waals surface area contributed by atoms with E-state index in [-0.39, 0.29) is 17.9 Å². The Hall–Kier alpha value is -4.20. The Morgan fingerprint density at radius 1 is 0.919 bits per heavy atom. The minimum absolute atomic E-state index is 0.180. The summed E-state index contributed by atoms with van der Waals surface area (Å²) in [6.45, 7) is 0.546. The van der Waals surface area contributed by atoms with E-state index in [0.717, 1.165) is 42.7 Å². The highest BCUT2D eigenvalue weighted by Gasteiger charge is 2.23. The van der Waals surface area contributed by atoms with Crippen molar-refractivity contribution in [1.29, 1.82) is 0 Å². The maximum atomic E-state index is 13.2. The van der Waals surface area contributed by atoms with Gasteiger partial charge in [-0.25, -0.2) is 5.01 Å². The maximum absolute atomic E-state index is 13.2. The predicted octanol–water partition coefficient (Wildman–Crippen LogP) is 5.30. The number of nitrogens with one attached hydrogen (secondary N) is 1. The Bertz CT molecular complexity index is 1290. The van der Waals surface area contributed by atoms with Crippen LogP contribution in [0.3, 0.4) is 0 Å². The molecule has 5 rings (SSSR count). The van der Waals surface area contributed by atoms with Gasteiger partial charge in [0, 0.05) is 41.3 Å². The van der Waals surface area contributed by atoms with Crippen molar-refractivity contribution in [3.8, 4) is 11.5 Å². The number of hydrogen-bond acceptors (Lipinski definition) is 6. The van der Waals surface area contributed by atoms with Gasteiger partial charge < -0.3 is 14.8 Å². The second kappa shape index (κ2) is 11.2. The van der Waals surface area contributed by atoms with Crippen molar-refractivity contribution < 1.29 is 19.1 Å². The second-order valence-electron chi connectivity index (χ2n) is 9.24. The number of nitrogens with zero attached hydrogens (tertiary/aromatic N) is 3.